The minimum atomic E-state index is -0.521. The summed E-state index contributed by atoms with van der Waals surface area (Å²) in [4.78, 5) is 25.7. The lowest BCUT2D eigenvalue weighted by atomic mass is 10.1. The largest absolute Gasteiger partial charge is 0.507 e. The number of phenols is 1. The predicted molar refractivity (Wildman–Crippen MR) is 86.4 cm³/mol. The van der Waals surface area contributed by atoms with E-state index < -0.39 is 11.7 Å². The van der Waals surface area contributed by atoms with Crippen LogP contribution >= 0.6 is 0 Å². The Kier molecular flexibility index (Phi) is 5.13. The van der Waals surface area contributed by atoms with Crippen molar-refractivity contribution < 1.29 is 19.4 Å². The van der Waals surface area contributed by atoms with Gasteiger partial charge in [0.05, 0.1) is 5.56 Å². The molecule has 1 aliphatic heterocycles. The van der Waals surface area contributed by atoms with Gasteiger partial charge in [-0.1, -0.05) is 12.1 Å². The number of nitrogens with one attached hydrogen (secondary N) is 1. The van der Waals surface area contributed by atoms with Crippen molar-refractivity contribution in [1.29, 1.82) is 0 Å². The van der Waals surface area contributed by atoms with Gasteiger partial charge in [-0.05, 0) is 45.2 Å². The van der Waals surface area contributed by atoms with Crippen molar-refractivity contribution in [3.63, 3.8) is 0 Å². The molecule has 6 nitrogen and oxygen atoms in total. The molecule has 23 heavy (non-hydrogen) atoms. The molecule has 0 saturated carbocycles. The topological polar surface area (TPSA) is 78.9 Å². The Morgan fingerprint density at radius 2 is 2.04 bits per heavy atom. The van der Waals surface area contributed by atoms with Crippen molar-refractivity contribution in [2.24, 2.45) is 5.92 Å². The van der Waals surface area contributed by atoms with Gasteiger partial charge >= 0.3 is 6.09 Å². The number of hydrogen-bond acceptors (Lipinski definition) is 4. The molecule has 2 amide bonds. The second kappa shape index (κ2) is 6.89. The smallest absolute Gasteiger partial charge is 0.407 e. The maximum atomic E-state index is 12.4. The SMILES string of the molecule is CC(C)(C)OC(=O)NCC1CCN(C(=O)c2ccccc2O)C1. The van der Waals surface area contributed by atoms with Crippen LogP contribution in [0.1, 0.15) is 37.6 Å². The summed E-state index contributed by atoms with van der Waals surface area (Å²) in [6.07, 6.45) is 0.373. The van der Waals surface area contributed by atoms with Crippen LogP contribution in [0.4, 0.5) is 4.79 Å². The van der Waals surface area contributed by atoms with Crippen LogP contribution in [-0.4, -0.2) is 47.2 Å². The molecule has 126 valence electrons. The molecule has 1 unspecified atom stereocenters. The monoisotopic (exact) mass is 320 g/mol. The molecule has 0 radical (unpaired) electrons. The van der Waals surface area contributed by atoms with Gasteiger partial charge in [0.25, 0.3) is 5.91 Å². The molecule has 2 N–H and O–H groups in total. The van der Waals surface area contributed by atoms with Gasteiger partial charge in [0.15, 0.2) is 0 Å². The van der Waals surface area contributed by atoms with Crippen LogP contribution < -0.4 is 5.32 Å². The molecule has 0 bridgehead atoms. The van der Waals surface area contributed by atoms with E-state index >= 15 is 0 Å². The molecule has 1 saturated heterocycles. The zero-order valence-electron chi connectivity index (χ0n) is 13.8. The highest BCUT2D eigenvalue weighted by molar-refractivity contribution is 5.96. The summed E-state index contributed by atoms with van der Waals surface area (Å²) >= 11 is 0. The van der Waals surface area contributed by atoms with Crippen molar-refractivity contribution in [2.45, 2.75) is 32.8 Å². The van der Waals surface area contributed by atoms with Gasteiger partial charge in [-0.3, -0.25) is 4.79 Å². The Morgan fingerprint density at radius 1 is 1.35 bits per heavy atom. The highest BCUT2D eigenvalue weighted by atomic mass is 16.6. The maximum Gasteiger partial charge on any atom is 0.407 e. The average Bonchev–Trinajstić information content (AvgIpc) is 2.92. The number of amides is 2. The number of nitrogens with zero attached hydrogens (tertiary/aromatic N) is 1. The molecule has 1 heterocycles. The zero-order chi connectivity index (χ0) is 17.0. The summed E-state index contributed by atoms with van der Waals surface area (Å²) in [5, 5.41) is 12.5. The normalized spacial score (nSPS) is 17.9. The first kappa shape index (κ1) is 17.1. The van der Waals surface area contributed by atoms with E-state index in [-0.39, 0.29) is 17.6 Å². The number of alkyl carbamates (subject to hydrolysis) is 1. The zero-order valence-corrected chi connectivity index (χ0v) is 13.8. The lowest BCUT2D eigenvalue weighted by Gasteiger charge is -2.21. The summed E-state index contributed by atoms with van der Waals surface area (Å²) in [5.74, 6) is 0.00743. The Labute approximate surface area is 136 Å². The van der Waals surface area contributed by atoms with Gasteiger partial charge in [0, 0.05) is 19.6 Å². The van der Waals surface area contributed by atoms with Crippen LogP contribution in [0.25, 0.3) is 0 Å². The third kappa shape index (κ3) is 4.87. The van der Waals surface area contributed by atoms with E-state index in [2.05, 4.69) is 5.32 Å². The molecule has 1 aromatic carbocycles. The Bertz CT molecular complexity index is 580. The van der Waals surface area contributed by atoms with Crippen LogP contribution in [0, 0.1) is 5.92 Å². The maximum absolute atomic E-state index is 12.4. The molecule has 1 fully saturated rings. The number of para-hydroxylation sites is 1. The third-order valence-corrected chi connectivity index (χ3v) is 3.64. The first-order valence-electron chi connectivity index (χ1n) is 7.80. The second-order valence-corrected chi connectivity index (χ2v) is 6.81. The summed E-state index contributed by atoms with van der Waals surface area (Å²) in [6.45, 7) is 7.09. The van der Waals surface area contributed by atoms with E-state index in [1.165, 1.54) is 6.07 Å². The number of carbonyl (C=O) groups is 2. The van der Waals surface area contributed by atoms with Gasteiger partial charge in [0.1, 0.15) is 11.4 Å². The molecule has 0 aromatic heterocycles. The van der Waals surface area contributed by atoms with Crippen molar-refractivity contribution in [3.05, 3.63) is 29.8 Å². The van der Waals surface area contributed by atoms with E-state index in [1.807, 2.05) is 20.8 Å². The van der Waals surface area contributed by atoms with Crippen molar-refractivity contribution in [3.8, 4) is 5.75 Å². The average molecular weight is 320 g/mol. The van der Waals surface area contributed by atoms with Gasteiger partial charge in [0.2, 0.25) is 0 Å². The van der Waals surface area contributed by atoms with Gasteiger partial charge in [-0.25, -0.2) is 4.79 Å². The highest BCUT2D eigenvalue weighted by Crippen LogP contribution is 2.22. The summed E-state index contributed by atoms with van der Waals surface area (Å²) in [5.41, 5.74) is -0.208. The van der Waals surface area contributed by atoms with Crippen molar-refractivity contribution in [2.75, 3.05) is 19.6 Å². The number of hydrogen-bond donors (Lipinski definition) is 2. The predicted octanol–water partition coefficient (Wildman–Crippen LogP) is 2.38. The molecule has 1 atom stereocenters. The minimum Gasteiger partial charge on any atom is -0.507 e. The number of rotatable bonds is 3. The van der Waals surface area contributed by atoms with Crippen LogP contribution in [0.2, 0.25) is 0 Å². The van der Waals surface area contributed by atoms with Gasteiger partial charge in [-0.15, -0.1) is 0 Å². The Hall–Kier alpha value is -2.24. The van der Waals surface area contributed by atoms with Crippen LogP contribution in [0.3, 0.4) is 0 Å². The molecular weight excluding hydrogens is 296 g/mol. The van der Waals surface area contributed by atoms with Crippen LogP contribution in [0.5, 0.6) is 5.75 Å². The van der Waals surface area contributed by atoms with Crippen LogP contribution in [0.15, 0.2) is 24.3 Å². The Morgan fingerprint density at radius 3 is 2.70 bits per heavy atom. The first-order chi connectivity index (χ1) is 10.8. The molecule has 0 spiro atoms. The van der Waals surface area contributed by atoms with Crippen molar-refractivity contribution in [1.82, 2.24) is 10.2 Å². The fourth-order valence-electron chi connectivity index (χ4n) is 2.55. The first-order valence-corrected chi connectivity index (χ1v) is 7.80. The van der Waals surface area contributed by atoms with Crippen molar-refractivity contribution >= 4 is 12.0 Å². The molecule has 6 heteroatoms. The fourth-order valence-corrected chi connectivity index (χ4v) is 2.55. The number of benzene rings is 1. The lowest BCUT2D eigenvalue weighted by molar-refractivity contribution is 0.0520. The Balaban J connectivity index is 1.83. The second-order valence-electron chi connectivity index (χ2n) is 6.81. The van der Waals surface area contributed by atoms with E-state index in [1.54, 1.807) is 23.1 Å². The lowest BCUT2D eigenvalue weighted by Crippen LogP contribution is -2.36. The van der Waals surface area contributed by atoms with Crippen LogP contribution in [-0.2, 0) is 4.74 Å². The summed E-state index contributed by atoms with van der Waals surface area (Å²) in [6, 6.07) is 6.53. The fraction of sp³-hybridized carbons (Fsp3) is 0.529. The summed E-state index contributed by atoms with van der Waals surface area (Å²) in [7, 11) is 0. The minimum absolute atomic E-state index is 0.00664. The van der Waals surface area contributed by atoms with Gasteiger partial charge < -0.3 is 20.1 Å². The number of likely N-dealkylation sites (tertiary alicyclic amines) is 1. The van der Waals surface area contributed by atoms with Gasteiger partial charge in [-0.2, -0.15) is 0 Å². The third-order valence-electron chi connectivity index (χ3n) is 3.64. The number of phenolic OH excluding ortho intramolecular Hbond substituents is 1. The van der Waals surface area contributed by atoms with E-state index in [0.29, 0.717) is 25.2 Å². The molecule has 1 aromatic rings. The quantitative estimate of drug-likeness (QED) is 0.896. The van der Waals surface area contributed by atoms with E-state index in [9.17, 15) is 14.7 Å². The molecule has 0 aliphatic carbocycles. The number of aromatic hydroxyl groups is 1. The molecule has 2 rings (SSSR count). The standard InChI is InChI=1S/C17H24N2O4/c1-17(2,3)23-16(22)18-10-12-8-9-19(11-12)15(21)13-6-4-5-7-14(13)20/h4-7,12,20H,8-11H2,1-3H3,(H,18,22). The van der Waals surface area contributed by atoms with E-state index in [4.69, 9.17) is 4.74 Å². The van der Waals surface area contributed by atoms with E-state index in [0.717, 1.165) is 6.42 Å². The summed E-state index contributed by atoms with van der Waals surface area (Å²) < 4.78 is 5.19. The number of ether oxygens (including phenoxy) is 1. The molecule has 1 aliphatic rings. The number of carbonyl (C=O) groups excluding carboxylic acids is 2. The molecular formula is C17H24N2O4. The highest BCUT2D eigenvalue weighted by Gasteiger charge is 2.28.